The molecule has 0 bridgehead atoms. The highest BCUT2D eigenvalue weighted by molar-refractivity contribution is 6.07. The van der Waals surface area contributed by atoms with E-state index >= 15 is 0 Å². The monoisotopic (exact) mass is 321 g/mol. The number of aromatic amines is 2. The van der Waals surface area contributed by atoms with E-state index in [1.165, 1.54) is 0 Å². The van der Waals surface area contributed by atoms with Crippen molar-refractivity contribution in [3.8, 4) is 0 Å². The number of halogens is 1. The summed E-state index contributed by atoms with van der Waals surface area (Å²) in [5, 5.41) is 13.6. The van der Waals surface area contributed by atoms with Gasteiger partial charge in [-0.15, -0.1) is 12.4 Å². The smallest absolute Gasteiger partial charge is 0.303 e. The van der Waals surface area contributed by atoms with Gasteiger partial charge in [-0.3, -0.25) is 9.59 Å². The summed E-state index contributed by atoms with van der Waals surface area (Å²) < 4.78 is 0. The highest BCUT2D eigenvalue weighted by atomic mass is 35.5. The number of aromatic nitrogens is 2. The van der Waals surface area contributed by atoms with Gasteiger partial charge >= 0.3 is 5.97 Å². The third-order valence-electron chi connectivity index (χ3n) is 3.62. The number of carbonyl (C=O) groups is 1. The molecule has 1 aromatic carbocycles. The van der Waals surface area contributed by atoms with Crippen molar-refractivity contribution in [1.29, 1.82) is 0 Å². The van der Waals surface area contributed by atoms with E-state index in [1.54, 1.807) is 6.20 Å². The van der Waals surface area contributed by atoms with Gasteiger partial charge in [0, 0.05) is 41.6 Å². The third-order valence-corrected chi connectivity index (χ3v) is 3.62. The van der Waals surface area contributed by atoms with Crippen molar-refractivity contribution in [2.24, 2.45) is 0 Å². The Balaban J connectivity index is 0.00000176. The number of pyridine rings is 1. The predicted octanol–water partition coefficient (Wildman–Crippen LogP) is 2.49. The summed E-state index contributed by atoms with van der Waals surface area (Å²) in [4.78, 5) is 28.6. The molecule has 0 unspecified atom stereocenters. The number of H-pyrrole nitrogens is 2. The molecular formula is C15H16ClN3O3. The molecule has 0 spiro atoms. The topological polar surface area (TPSA) is 98.0 Å². The molecule has 7 heteroatoms. The van der Waals surface area contributed by atoms with Crippen molar-refractivity contribution in [3.63, 3.8) is 0 Å². The second-order valence-corrected chi connectivity index (χ2v) is 4.92. The Morgan fingerprint density at radius 3 is 2.82 bits per heavy atom. The number of carboxylic acids is 1. The maximum Gasteiger partial charge on any atom is 0.303 e. The minimum Gasteiger partial charge on any atom is -0.481 e. The Morgan fingerprint density at radius 1 is 1.36 bits per heavy atom. The molecular weight excluding hydrogens is 306 g/mol. The zero-order valence-corrected chi connectivity index (χ0v) is 12.7. The summed E-state index contributed by atoms with van der Waals surface area (Å²) in [6, 6.07) is 5.68. The van der Waals surface area contributed by atoms with Crippen molar-refractivity contribution in [2.75, 3.05) is 12.4 Å². The number of carboxylic acid groups (broad SMARTS) is 1. The van der Waals surface area contributed by atoms with Crippen LogP contribution in [0.1, 0.15) is 12.0 Å². The van der Waals surface area contributed by atoms with Gasteiger partial charge in [0.1, 0.15) is 5.52 Å². The standard InChI is InChI=1S/C15H15N3O3.ClH/c1-16-9-3-4-11-10(6-9)13-8(2-5-12(19)20)7-17-14(13)15(21)18-11;/h3-4,6-7,16-17H,2,5H2,1H3,(H,18,21)(H,19,20);1H. The number of aliphatic carboxylic acids is 1. The lowest BCUT2D eigenvalue weighted by Gasteiger charge is -2.06. The van der Waals surface area contributed by atoms with Crippen LogP contribution in [0, 0.1) is 0 Å². The maximum absolute atomic E-state index is 12.1. The van der Waals surface area contributed by atoms with Gasteiger partial charge in [-0.1, -0.05) is 0 Å². The van der Waals surface area contributed by atoms with E-state index in [1.807, 2.05) is 25.2 Å². The van der Waals surface area contributed by atoms with Gasteiger partial charge in [0.15, 0.2) is 0 Å². The first-order valence-electron chi connectivity index (χ1n) is 6.65. The Kier molecular flexibility index (Phi) is 4.42. The van der Waals surface area contributed by atoms with Crippen molar-refractivity contribution in [3.05, 3.63) is 40.3 Å². The van der Waals surface area contributed by atoms with Crippen LogP contribution in [0.3, 0.4) is 0 Å². The molecule has 0 aliphatic rings. The van der Waals surface area contributed by atoms with Crippen LogP contribution in [0.2, 0.25) is 0 Å². The Labute approximate surface area is 132 Å². The zero-order chi connectivity index (χ0) is 15.0. The number of hydrogen-bond donors (Lipinski definition) is 4. The molecule has 0 amide bonds. The van der Waals surface area contributed by atoms with Gasteiger partial charge in [0.05, 0.1) is 0 Å². The molecule has 4 N–H and O–H groups in total. The summed E-state index contributed by atoms with van der Waals surface area (Å²) in [6.45, 7) is 0. The summed E-state index contributed by atoms with van der Waals surface area (Å²) in [5.41, 5.74) is 2.80. The van der Waals surface area contributed by atoms with E-state index in [2.05, 4.69) is 15.3 Å². The van der Waals surface area contributed by atoms with Gasteiger partial charge in [0.25, 0.3) is 5.56 Å². The molecule has 0 aliphatic carbocycles. The number of fused-ring (bicyclic) bond motifs is 3. The zero-order valence-electron chi connectivity index (χ0n) is 11.9. The fourth-order valence-corrected chi connectivity index (χ4v) is 2.59. The van der Waals surface area contributed by atoms with E-state index in [9.17, 15) is 9.59 Å². The van der Waals surface area contributed by atoms with Gasteiger partial charge in [-0.25, -0.2) is 0 Å². The maximum atomic E-state index is 12.1. The molecule has 2 heterocycles. The molecule has 2 aromatic heterocycles. The minimum absolute atomic E-state index is 0. The van der Waals surface area contributed by atoms with Gasteiger partial charge in [0.2, 0.25) is 0 Å². The van der Waals surface area contributed by atoms with Crippen molar-refractivity contribution < 1.29 is 9.90 Å². The van der Waals surface area contributed by atoms with E-state index in [4.69, 9.17) is 5.11 Å². The van der Waals surface area contributed by atoms with Crippen LogP contribution in [-0.4, -0.2) is 28.1 Å². The van der Waals surface area contributed by atoms with Gasteiger partial charge in [-0.2, -0.15) is 0 Å². The SMILES string of the molecule is CNc1ccc2[nH]c(=O)c3[nH]cc(CCC(=O)O)c3c2c1.Cl. The lowest BCUT2D eigenvalue weighted by Crippen LogP contribution is -2.06. The first-order valence-corrected chi connectivity index (χ1v) is 6.65. The summed E-state index contributed by atoms with van der Waals surface area (Å²) in [6.07, 6.45) is 2.14. The van der Waals surface area contributed by atoms with Crippen LogP contribution >= 0.6 is 12.4 Å². The van der Waals surface area contributed by atoms with Crippen molar-refractivity contribution >= 4 is 45.9 Å². The molecule has 6 nitrogen and oxygen atoms in total. The Morgan fingerprint density at radius 2 is 2.14 bits per heavy atom. The second-order valence-electron chi connectivity index (χ2n) is 4.92. The predicted molar refractivity (Wildman–Crippen MR) is 89.2 cm³/mol. The first kappa shape index (κ1) is 15.9. The molecule has 3 aromatic rings. The van der Waals surface area contributed by atoms with Crippen molar-refractivity contribution in [1.82, 2.24) is 9.97 Å². The van der Waals surface area contributed by atoms with Crippen LogP contribution in [0.4, 0.5) is 5.69 Å². The van der Waals surface area contributed by atoms with Crippen LogP contribution in [0.15, 0.2) is 29.2 Å². The quantitative estimate of drug-likeness (QED) is 0.593. The molecule has 22 heavy (non-hydrogen) atoms. The fourth-order valence-electron chi connectivity index (χ4n) is 2.59. The lowest BCUT2D eigenvalue weighted by atomic mass is 10.0. The average molecular weight is 322 g/mol. The van der Waals surface area contributed by atoms with Gasteiger partial charge < -0.3 is 20.4 Å². The minimum atomic E-state index is -0.852. The molecule has 0 radical (unpaired) electrons. The third kappa shape index (κ3) is 2.65. The Hall–Kier alpha value is -2.47. The summed E-state index contributed by atoms with van der Waals surface area (Å²) in [5.74, 6) is -0.852. The normalized spacial score (nSPS) is 10.6. The number of hydrogen-bond acceptors (Lipinski definition) is 3. The molecule has 3 rings (SSSR count). The molecule has 0 fully saturated rings. The van der Waals surface area contributed by atoms with E-state index in [0.717, 1.165) is 27.5 Å². The summed E-state index contributed by atoms with van der Waals surface area (Å²) >= 11 is 0. The van der Waals surface area contributed by atoms with E-state index in [0.29, 0.717) is 11.9 Å². The lowest BCUT2D eigenvalue weighted by molar-refractivity contribution is -0.136. The largest absolute Gasteiger partial charge is 0.481 e. The number of anilines is 1. The highest BCUT2D eigenvalue weighted by Gasteiger charge is 2.13. The number of aryl methyl sites for hydroxylation is 1. The molecule has 0 aliphatic heterocycles. The number of nitrogens with one attached hydrogen (secondary N) is 3. The van der Waals surface area contributed by atoms with Crippen LogP contribution < -0.4 is 10.9 Å². The highest BCUT2D eigenvalue weighted by Crippen LogP contribution is 2.27. The number of rotatable bonds is 4. The van der Waals surface area contributed by atoms with Crippen LogP contribution in [0.5, 0.6) is 0 Å². The summed E-state index contributed by atoms with van der Waals surface area (Å²) in [7, 11) is 1.83. The van der Waals surface area contributed by atoms with Crippen LogP contribution in [-0.2, 0) is 11.2 Å². The van der Waals surface area contributed by atoms with Crippen molar-refractivity contribution in [2.45, 2.75) is 12.8 Å². The molecule has 0 saturated heterocycles. The fraction of sp³-hybridized carbons (Fsp3) is 0.200. The van der Waals surface area contributed by atoms with E-state index < -0.39 is 5.97 Å². The van der Waals surface area contributed by atoms with Crippen LogP contribution in [0.25, 0.3) is 21.8 Å². The second kappa shape index (κ2) is 6.11. The van der Waals surface area contributed by atoms with E-state index in [-0.39, 0.29) is 24.4 Å². The molecule has 0 atom stereocenters. The van der Waals surface area contributed by atoms with Gasteiger partial charge in [-0.05, 0) is 30.2 Å². The molecule has 0 saturated carbocycles. The Bertz CT molecular complexity index is 898. The number of benzene rings is 1. The first-order chi connectivity index (χ1) is 10.1. The molecule has 116 valence electrons. The average Bonchev–Trinajstić information content (AvgIpc) is 2.90.